The summed E-state index contributed by atoms with van der Waals surface area (Å²) < 4.78 is 6.86. The number of ether oxygens (including phenoxy) is 1. The fraction of sp³-hybridized carbons (Fsp3) is 0.267. The summed E-state index contributed by atoms with van der Waals surface area (Å²) in [6.45, 7) is 0.699. The van der Waals surface area contributed by atoms with E-state index in [-0.39, 0.29) is 36.8 Å². The van der Waals surface area contributed by atoms with Crippen molar-refractivity contribution in [2.75, 3.05) is 7.11 Å². The zero-order valence-corrected chi connectivity index (χ0v) is 13.2. The Kier molecular flexibility index (Phi) is 6.27. The summed E-state index contributed by atoms with van der Waals surface area (Å²) >= 11 is 0. The Labute approximate surface area is 136 Å². The number of rotatable bonds is 2. The first kappa shape index (κ1) is 17.6. The Hall–Kier alpha value is -1.49. The van der Waals surface area contributed by atoms with Crippen molar-refractivity contribution in [3.8, 4) is 5.69 Å². The van der Waals surface area contributed by atoms with E-state index in [2.05, 4.69) is 28.1 Å². The van der Waals surface area contributed by atoms with Crippen molar-refractivity contribution in [3.63, 3.8) is 0 Å². The molecule has 0 aliphatic carbocycles. The molecule has 4 nitrogen and oxygen atoms in total. The summed E-state index contributed by atoms with van der Waals surface area (Å²) in [6.07, 6.45) is 4.73. The van der Waals surface area contributed by atoms with Gasteiger partial charge in [-0.2, -0.15) is 0 Å². The van der Waals surface area contributed by atoms with Gasteiger partial charge >= 0.3 is 5.97 Å². The minimum Gasteiger partial charge on any atom is -0.468 e. The first-order valence-corrected chi connectivity index (χ1v) is 6.34. The molecule has 0 radical (unpaired) electrons. The third-order valence-electron chi connectivity index (χ3n) is 3.54. The van der Waals surface area contributed by atoms with E-state index >= 15 is 0 Å². The highest BCUT2D eigenvalue weighted by molar-refractivity contribution is 5.85. The van der Waals surface area contributed by atoms with E-state index < -0.39 is 0 Å². The number of carbonyl (C=O) groups is 1. The van der Waals surface area contributed by atoms with Crippen LogP contribution in [0.15, 0.2) is 42.7 Å². The predicted octanol–water partition coefficient (Wildman–Crippen LogP) is 2.51. The number of nitrogens with zero attached hydrogens (tertiary/aromatic N) is 1. The minimum atomic E-state index is -0.227. The second-order valence-electron chi connectivity index (χ2n) is 4.70. The maximum atomic E-state index is 11.5. The number of benzene rings is 1. The van der Waals surface area contributed by atoms with Gasteiger partial charge in [0.1, 0.15) is 6.04 Å². The van der Waals surface area contributed by atoms with Crippen LogP contribution >= 0.6 is 24.8 Å². The van der Waals surface area contributed by atoms with Crippen molar-refractivity contribution in [1.82, 2.24) is 9.88 Å². The zero-order chi connectivity index (χ0) is 13.2. The maximum absolute atomic E-state index is 11.5. The molecule has 3 rings (SSSR count). The van der Waals surface area contributed by atoms with Crippen molar-refractivity contribution in [2.45, 2.75) is 19.0 Å². The molecular formula is C15H18Cl2N2O2. The maximum Gasteiger partial charge on any atom is 0.323 e. The number of aromatic nitrogens is 1. The van der Waals surface area contributed by atoms with Gasteiger partial charge in [-0.1, -0.05) is 6.07 Å². The first-order valence-electron chi connectivity index (χ1n) is 6.34. The van der Waals surface area contributed by atoms with Crippen LogP contribution < -0.4 is 5.32 Å². The normalized spacial score (nSPS) is 16.1. The molecule has 1 aromatic heterocycles. The standard InChI is InChI=1S/C15H16N2O2.2ClH/c1-19-15(18)14-9-11-4-5-13(8-12(11)10-16-14)17-6-2-3-7-17;;/h2-8,14,16H,9-10H2,1H3;2*1H/t14-;;/m0../s1. The fourth-order valence-electron chi connectivity index (χ4n) is 2.48. The lowest BCUT2D eigenvalue weighted by atomic mass is 9.95. The van der Waals surface area contributed by atoms with Crippen LogP contribution in [0.2, 0.25) is 0 Å². The number of nitrogens with one attached hydrogen (secondary N) is 1. The monoisotopic (exact) mass is 328 g/mol. The zero-order valence-electron chi connectivity index (χ0n) is 11.6. The van der Waals surface area contributed by atoms with Gasteiger partial charge in [-0.05, 0) is 41.8 Å². The number of carbonyl (C=O) groups excluding carboxylic acids is 1. The highest BCUT2D eigenvalue weighted by Crippen LogP contribution is 2.21. The lowest BCUT2D eigenvalue weighted by molar-refractivity contribution is -0.143. The van der Waals surface area contributed by atoms with E-state index in [1.54, 1.807) is 0 Å². The summed E-state index contributed by atoms with van der Waals surface area (Å²) in [7, 11) is 1.43. The van der Waals surface area contributed by atoms with Crippen molar-refractivity contribution in [1.29, 1.82) is 0 Å². The molecule has 0 spiro atoms. The molecule has 21 heavy (non-hydrogen) atoms. The van der Waals surface area contributed by atoms with Gasteiger partial charge in [0.05, 0.1) is 7.11 Å². The molecule has 0 fully saturated rings. The third-order valence-corrected chi connectivity index (χ3v) is 3.54. The summed E-state index contributed by atoms with van der Waals surface area (Å²) in [5, 5.41) is 3.21. The third kappa shape index (κ3) is 3.59. The minimum absolute atomic E-state index is 0. The lowest BCUT2D eigenvalue weighted by Crippen LogP contribution is -2.42. The van der Waals surface area contributed by atoms with E-state index in [9.17, 15) is 4.79 Å². The number of hydrogen-bond acceptors (Lipinski definition) is 3. The van der Waals surface area contributed by atoms with E-state index in [0.29, 0.717) is 13.0 Å². The number of fused-ring (bicyclic) bond motifs is 1. The van der Waals surface area contributed by atoms with Crippen LogP contribution in [0.1, 0.15) is 11.1 Å². The quantitative estimate of drug-likeness (QED) is 0.861. The van der Waals surface area contributed by atoms with Crippen LogP contribution in [0.5, 0.6) is 0 Å². The second kappa shape index (κ2) is 7.50. The summed E-state index contributed by atoms with van der Waals surface area (Å²) in [4.78, 5) is 11.5. The SMILES string of the molecule is COC(=O)[C@@H]1Cc2ccc(-n3cccc3)cc2CN1.Cl.Cl. The van der Waals surface area contributed by atoms with Gasteiger partial charge < -0.3 is 14.6 Å². The summed E-state index contributed by atoms with van der Waals surface area (Å²) in [5.41, 5.74) is 3.60. The lowest BCUT2D eigenvalue weighted by Gasteiger charge is -2.24. The molecule has 1 atom stereocenters. The highest BCUT2D eigenvalue weighted by Gasteiger charge is 2.24. The Bertz CT molecular complexity index is 600. The van der Waals surface area contributed by atoms with Crippen molar-refractivity contribution < 1.29 is 9.53 Å². The molecule has 0 amide bonds. The van der Waals surface area contributed by atoms with Crippen molar-refractivity contribution in [2.24, 2.45) is 0 Å². The van der Waals surface area contributed by atoms with Gasteiger partial charge in [0.2, 0.25) is 0 Å². The number of hydrogen-bond donors (Lipinski definition) is 1. The number of methoxy groups -OCH3 is 1. The summed E-state index contributed by atoms with van der Waals surface area (Å²) in [5.74, 6) is -0.194. The van der Waals surface area contributed by atoms with Gasteiger partial charge in [0.25, 0.3) is 0 Å². The van der Waals surface area contributed by atoms with Gasteiger partial charge in [0, 0.05) is 24.6 Å². The Morgan fingerprint density at radius 3 is 2.62 bits per heavy atom. The Morgan fingerprint density at radius 2 is 1.95 bits per heavy atom. The number of esters is 1. The van der Waals surface area contributed by atoms with Gasteiger partial charge in [0.15, 0.2) is 0 Å². The highest BCUT2D eigenvalue weighted by atomic mass is 35.5. The van der Waals surface area contributed by atoms with Crippen LogP contribution in [0, 0.1) is 0 Å². The van der Waals surface area contributed by atoms with Crippen molar-refractivity contribution in [3.05, 3.63) is 53.9 Å². The van der Waals surface area contributed by atoms with Gasteiger partial charge in [-0.15, -0.1) is 24.8 Å². The molecule has 1 aliphatic heterocycles. The van der Waals surface area contributed by atoms with Gasteiger partial charge in [-0.25, -0.2) is 0 Å². The van der Waals surface area contributed by atoms with E-state index in [1.165, 1.54) is 18.2 Å². The van der Waals surface area contributed by atoms with E-state index in [0.717, 1.165) is 5.69 Å². The topological polar surface area (TPSA) is 43.3 Å². The summed E-state index contributed by atoms with van der Waals surface area (Å²) in [6, 6.07) is 10.1. The molecule has 2 aromatic rings. The molecule has 1 aromatic carbocycles. The second-order valence-corrected chi connectivity index (χ2v) is 4.70. The van der Waals surface area contributed by atoms with Gasteiger partial charge in [-0.3, -0.25) is 4.79 Å². The predicted molar refractivity (Wildman–Crippen MR) is 86.6 cm³/mol. The molecular weight excluding hydrogens is 311 g/mol. The molecule has 1 N–H and O–H groups in total. The van der Waals surface area contributed by atoms with Crippen LogP contribution in [-0.4, -0.2) is 23.7 Å². The van der Waals surface area contributed by atoms with Crippen LogP contribution in [0.3, 0.4) is 0 Å². The Morgan fingerprint density at radius 1 is 1.24 bits per heavy atom. The van der Waals surface area contributed by atoms with E-state index in [4.69, 9.17) is 4.74 Å². The number of halogens is 2. The molecule has 2 heterocycles. The fourth-order valence-corrected chi connectivity index (χ4v) is 2.48. The average Bonchev–Trinajstić information content (AvgIpc) is 2.99. The van der Waals surface area contributed by atoms with E-state index in [1.807, 2.05) is 24.5 Å². The van der Waals surface area contributed by atoms with Crippen LogP contribution in [0.25, 0.3) is 5.69 Å². The first-order chi connectivity index (χ1) is 9.28. The molecule has 0 unspecified atom stereocenters. The molecule has 0 saturated carbocycles. The average molecular weight is 329 g/mol. The molecule has 114 valence electrons. The molecule has 1 aliphatic rings. The van der Waals surface area contributed by atoms with Crippen LogP contribution in [0.4, 0.5) is 0 Å². The smallest absolute Gasteiger partial charge is 0.323 e. The molecule has 0 saturated heterocycles. The van der Waals surface area contributed by atoms with Crippen LogP contribution in [-0.2, 0) is 22.5 Å². The van der Waals surface area contributed by atoms with Crippen molar-refractivity contribution >= 4 is 30.8 Å². The molecule has 6 heteroatoms. The largest absolute Gasteiger partial charge is 0.468 e. The molecule has 0 bridgehead atoms. The Balaban J connectivity index is 0.00000110.